The average molecular weight is 815 g/mol. The number of allylic oxidation sites excluding steroid dienone is 4. The van der Waals surface area contributed by atoms with Crippen LogP contribution in [0.5, 0.6) is 0 Å². The molecule has 10 rings (SSSR count). The molecule has 0 amide bonds. The van der Waals surface area contributed by atoms with E-state index in [4.69, 9.17) is 0 Å². The van der Waals surface area contributed by atoms with Crippen LogP contribution in [0.4, 0.5) is 13.2 Å². The van der Waals surface area contributed by atoms with Crippen LogP contribution >= 0.6 is 0 Å². The lowest BCUT2D eigenvalue weighted by atomic mass is 9.77. The summed E-state index contributed by atoms with van der Waals surface area (Å²) in [6.45, 7) is 22.6. The van der Waals surface area contributed by atoms with Crippen molar-refractivity contribution in [3.63, 3.8) is 0 Å². The van der Waals surface area contributed by atoms with E-state index in [0.29, 0.717) is 22.3 Å². The molecule has 0 saturated heterocycles. The Morgan fingerprint density at radius 1 is 0.435 bits per heavy atom. The Labute approximate surface area is 363 Å². The monoisotopic (exact) mass is 814 g/mol. The summed E-state index contributed by atoms with van der Waals surface area (Å²) in [6, 6.07) is 45.9. The van der Waals surface area contributed by atoms with E-state index >= 15 is 13.2 Å². The van der Waals surface area contributed by atoms with Crippen LogP contribution in [0.15, 0.2) is 164 Å². The van der Waals surface area contributed by atoms with E-state index in [1.807, 2.05) is 43.3 Å². The summed E-state index contributed by atoms with van der Waals surface area (Å²) >= 11 is 0. The minimum absolute atomic E-state index is 0.290. The van der Waals surface area contributed by atoms with Gasteiger partial charge in [-0.3, -0.25) is 0 Å². The summed E-state index contributed by atoms with van der Waals surface area (Å²) < 4.78 is 47.3. The van der Waals surface area contributed by atoms with Crippen LogP contribution in [0.25, 0.3) is 72.3 Å². The van der Waals surface area contributed by atoms with E-state index in [1.165, 1.54) is 57.0 Å². The second-order valence-corrected chi connectivity index (χ2v) is 19.0. The van der Waals surface area contributed by atoms with E-state index in [-0.39, 0.29) is 10.8 Å². The first-order valence-corrected chi connectivity index (χ1v) is 21.4. The van der Waals surface area contributed by atoms with Gasteiger partial charge in [-0.15, -0.1) is 0 Å². The van der Waals surface area contributed by atoms with Crippen molar-refractivity contribution in [3.05, 3.63) is 209 Å². The first kappa shape index (κ1) is 39.7. The first-order valence-electron chi connectivity index (χ1n) is 21.4. The van der Waals surface area contributed by atoms with E-state index in [9.17, 15) is 0 Å². The van der Waals surface area contributed by atoms with Crippen LogP contribution in [0.3, 0.4) is 0 Å². The lowest BCUT2D eigenvalue weighted by molar-refractivity contribution is -0.172. The van der Waals surface area contributed by atoms with E-state index in [2.05, 4.69) is 145 Å². The fourth-order valence-corrected chi connectivity index (χ4v) is 10.5. The van der Waals surface area contributed by atoms with Crippen LogP contribution < -0.4 is 0 Å². The molecule has 306 valence electrons. The largest absolute Gasteiger partial charge is 0.402 e. The highest BCUT2D eigenvalue weighted by Crippen LogP contribution is 2.59. The van der Waals surface area contributed by atoms with Crippen molar-refractivity contribution in [3.8, 4) is 66.8 Å². The fraction of sp³-hybridized carbons (Fsp3) is 0.186. The Morgan fingerprint density at radius 2 is 0.758 bits per heavy atom. The summed E-state index contributed by atoms with van der Waals surface area (Å²) in [5.41, 5.74) is 18.4. The van der Waals surface area contributed by atoms with Crippen LogP contribution in [0.1, 0.15) is 86.1 Å². The number of aryl methyl sites for hydroxylation is 1. The smallest absolute Gasteiger partial charge is 0.170 e. The lowest BCUT2D eigenvalue weighted by Gasteiger charge is -2.30. The van der Waals surface area contributed by atoms with E-state index in [0.717, 1.165) is 50.1 Å². The maximum absolute atomic E-state index is 15.8. The predicted molar refractivity (Wildman–Crippen MR) is 254 cm³/mol. The van der Waals surface area contributed by atoms with Crippen LogP contribution in [-0.2, 0) is 16.2 Å². The topological polar surface area (TPSA) is 0 Å². The van der Waals surface area contributed by atoms with Gasteiger partial charge in [0.05, 0.1) is 0 Å². The minimum Gasteiger partial charge on any atom is -0.170 e. The van der Waals surface area contributed by atoms with Crippen LogP contribution in [0.2, 0.25) is 0 Å². The molecule has 0 N–H and O–H groups in total. The molecule has 0 heterocycles. The van der Waals surface area contributed by atoms with Crippen molar-refractivity contribution in [2.24, 2.45) is 0 Å². The number of alkyl halides is 3. The molecule has 1 unspecified atom stereocenters. The Bertz CT molecular complexity index is 3110. The van der Waals surface area contributed by atoms with Gasteiger partial charge in [-0.05, 0) is 168 Å². The van der Waals surface area contributed by atoms with E-state index in [1.54, 1.807) is 12.1 Å². The average Bonchev–Trinajstić information content (AvgIpc) is 3.75. The highest BCUT2D eigenvalue weighted by Gasteiger charge is 2.58. The maximum Gasteiger partial charge on any atom is 0.402 e. The molecule has 0 fully saturated rings. The van der Waals surface area contributed by atoms with Crippen molar-refractivity contribution in [1.82, 2.24) is 0 Å². The third-order valence-corrected chi connectivity index (χ3v) is 14.3. The Morgan fingerprint density at radius 3 is 1.15 bits per heavy atom. The molecule has 0 saturated carbocycles. The summed E-state index contributed by atoms with van der Waals surface area (Å²) in [4.78, 5) is 0. The van der Waals surface area contributed by atoms with Crippen molar-refractivity contribution >= 4 is 5.57 Å². The molecule has 0 bridgehead atoms. The molecule has 62 heavy (non-hydrogen) atoms. The molecule has 7 aromatic carbocycles. The highest BCUT2D eigenvalue weighted by molar-refractivity contribution is 5.90. The molecule has 3 aliphatic carbocycles. The SMILES string of the molecule is C=C(C)/C=C\C(=C)c1ccc2c(c1)C(C)(C)c1cc(-c3ccc4c(c3)C(C)(C(F)(F)F)c3cc(-c5ccc6c(c5)C(C)(C)c5cc(-c7ccc(C)cc7)ccc5-6)ccc3-4)ccc1-2. The second-order valence-electron chi connectivity index (χ2n) is 19.0. The molecular weight excluding hydrogens is 766 g/mol. The standard InChI is InChI=1S/C59H49F3/c1-34(2)10-13-36(4)38-16-22-44-46-24-18-40(30-52(46)56(5,6)50(44)28-38)42-20-26-48-49-27-21-43(33-55(49)58(9,54(48)32-42)59(60,61)62)41-19-25-47-45-23-17-39(37-14-11-35(3)12-15-37)29-51(45)57(7,8)53(47)31-41/h10-33H,1,4H2,2-3,5-9H3/b13-10-. The van der Waals surface area contributed by atoms with Gasteiger partial charge in [0.2, 0.25) is 0 Å². The zero-order valence-corrected chi connectivity index (χ0v) is 36.4. The lowest BCUT2D eigenvalue weighted by Crippen LogP contribution is -2.38. The maximum atomic E-state index is 15.8. The van der Waals surface area contributed by atoms with Gasteiger partial charge in [0.25, 0.3) is 0 Å². The predicted octanol–water partition coefficient (Wildman–Crippen LogP) is 16.6. The number of benzene rings is 7. The molecule has 0 aliphatic heterocycles. The molecule has 0 nitrogen and oxygen atoms in total. The van der Waals surface area contributed by atoms with Crippen molar-refractivity contribution < 1.29 is 13.2 Å². The highest BCUT2D eigenvalue weighted by atomic mass is 19.4. The first-order chi connectivity index (χ1) is 29.4. The van der Waals surface area contributed by atoms with Gasteiger partial charge < -0.3 is 0 Å². The normalized spacial score (nSPS) is 17.3. The third kappa shape index (κ3) is 5.81. The Kier molecular flexibility index (Phi) is 8.65. The molecule has 1 atom stereocenters. The Balaban J connectivity index is 0.997. The summed E-state index contributed by atoms with van der Waals surface area (Å²) in [5, 5.41) is 0. The number of fused-ring (bicyclic) bond motifs is 9. The van der Waals surface area contributed by atoms with Gasteiger partial charge in [-0.25, -0.2) is 0 Å². The number of hydrogen-bond acceptors (Lipinski definition) is 0. The van der Waals surface area contributed by atoms with Gasteiger partial charge in [0.1, 0.15) is 5.41 Å². The third-order valence-electron chi connectivity index (χ3n) is 14.3. The van der Waals surface area contributed by atoms with Crippen molar-refractivity contribution in [1.29, 1.82) is 0 Å². The van der Waals surface area contributed by atoms with Gasteiger partial charge in [-0.1, -0.05) is 161 Å². The minimum atomic E-state index is -4.54. The van der Waals surface area contributed by atoms with E-state index < -0.39 is 11.6 Å². The number of hydrogen-bond donors (Lipinski definition) is 0. The zero-order chi connectivity index (χ0) is 43.7. The summed E-state index contributed by atoms with van der Waals surface area (Å²) in [6.07, 6.45) is -0.577. The molecule has 3 heteroatoms. The molecule has 3 aliphatic rings. The fourth-order valence-electron chi connectivity index (χ4n) is 10.5. The molecule has 0 spiro atoms. The Hall–Kier alpha value is -6.45. The second kappa shape index (κ2) is 13.5. The van der Waals surface area contributed by atoms with Gasteiger partial charge in [0, 0.05) is 10.8 Å². The van der Waals surface area contributed by atoms with Crippen molar-refractivity contribution in [2.45, 2.75) is 70.9 Å². The number of rotatable bonds is 6. The molecular formula is C59H49F3. The number of halogens is 3. The van der Waals surface area contributed by atoms with Gasteiger partial charge >= 0.3 is 6.18 Å². The zero-order valence-electron chi connectivity index (χ0n) is 36.4. The van der Waals surface area contributed by atoms with Gasteiger partial charge in [0.15, 0.2) is 0 Å². The van der Waals surface area contributed by atoms with Crippen LogP contribution in [0, 0.1) is 6.92 Å². The molecule has 0 radical (unpaired) electrons. The quantitative estimate of drug-likeness (QED) is 0.147. The summed E-state index contributed by atoms with van der Waals surface area (Å²) in [5.74, 6) is 0. The summed E-state index contributed by atoms with van der Waals surface area (Å²) in [7, 11) is 0. The van der Waals surface area contributed by atoms with Gasteiger partial charge in [-0.2, -0.15) is 13.2 Å². The van der Waals surface area contributed by atoms with Crippen LogP contribution in [-0.4, -0.2) is 6.18 Å². The molecule has 0 aromatic heterocycles. The molecule has 7 aromatic rings. The van der Waals surface area contributed by atoms with Crippen molar-refractivity contribution in [2.75, 3.05) is 0 Å².